The Labute approximate surface area is 157 Å². The number of rotatable bonds is 6. The summed E-state index contributed by atoms with van der Waals surface area (Å²) in [6.07, 6.45) is 1.71. The van der Waals surface area contributed by atoms with Gasteiger partial charge in [0.05, 0.1) is 25.4 Å². The molecule has 0 aliphatic rings. The van der Waals surface area contributed by atoms with E-state index in [2.05, 4.69) is 26.2 Å². The Morgan fingerprint density at radius 3 is 2.96 bits per heavy atom. The number of methoxy groups -OCH3 is 1. The van der Waals surface area contributed by atoms with Crippen LogP contribution in [0.4, 0.5) is 0 Å². The average molecular weight is 368 g/mol. The van der Waals surface area contributed by atoms with Gasteiger partial charge in [-0.15, -0.1) is 5.10 Å². The van der Waals surface area contributed by atoms with Gasteiger partial charge in [0.2, 0.25) is 0 Å². The Bertz CT molecular complexity index is 936. The highest BCUT2D eigenvalue weighted by molar-refractivity contribution is 7.80. The average Bonchev–Trinajstić information content (AvgIpc) is 3.05. The minimum Gasteiger partial charge on any atom is -0.496 e. The third-order valence-corrected chi connectivity index (χ3v) is 4.00. The van der Waals surface area contributed by atoms with Gasteiger partial charge < -0.3 is 10.1 Å². The van der Waals surface area contributed by atoms with Gasteiger partial charge in [0.1, 0.15) is 11.3 Å². The number of nitrogens with one attached hydrogen (secondary N) is 2. The first-order valence-corrected chi connectivity index (χ1v) is 8.64. The summed E-state index contributed by atoms with van der Waals surface area (Å²) in [5.41, 5.74) is 6.54. The molecule has 0 fully saturated rings. The second-order valence-corrected chi connectivity index (χ2v) is 5.94. The van der Waals surface area contributed by atoms with Gasteiger partial charge in [0.15, 0.2) is 5.11 Å². The summed E-state index contributed by atoms with van der Waals surface area (Å²) < 4.78 is 7.34. The number of hydrogen-bond acceptors (Lipinski definition) is 5. The molecule has 26 heavy (non-hydrogen) atoms. The lowest BCUT2D eigenvalue weighted by molar-refractivity contribution is 0.407. The van der Waals surface area contributed by atoms with E-state index in [0.717, 1.165) is 34.5 Å². The van der Waals surface area contributed by atoms with Crippen molar-refractivity contribution in [2.75, 3.05) is 13.7 Å². The van der Waals surface area contributed by atoms with Crippen LogP contribution in [-0.2, 0) is 6.54 Å². The Hall–Kier alpha value is -3.00. The molecule has 2 aromatic carbocycles. The van der Waals surface area contributed by atoms with Gasteiger partial charge in [0.25, 0.3) is 0 Å². The predicted octanol–water partition coefficient (Wildman–Crippen LogP) is 2.31. The van der Waals surface area contributed by atoms with Crippen LogP contribution in [0.1, 0.15) is 18.1 Å². The minimum atomic E-state index is 0.492. The number of para-hydroxylation sites is 1. The van der Waals surface area contributed by atoms with Crippen LogP contribution >= 0.6 is 12.2 Å². The van der Waals surface area contributed by atoms with Crippen LogP contribution in [0.3, 0.4) is 0 Å². The third-order valence-electron chi connectivity index (χ3n) is 3.76. The van der Waals surface area contributed by atoms with Crippen molar-refractivity contribution in [1.82, 2.24) is 25.7 Å². The molecular formula is C18H20N6OS. The summed E-state index contributed by atoms with van der Waals surface area (Å²) in [5.74, 6) is 0.790. The van der Waals surface area contributed by atoms with E-state index < -0.39 is 0 Å². The van der Waals surface area contributed by atoms with Crippen molar-refractivity contribution in [3.8, 4) is 5.75 Å². The molecule has 1 heterocycles. The Morgan fingerprint density at radius 2 is 2.15 bits per heavy atom. The molecule has 3 rings (SSSR count). The first-order valence-electron chi connectivity index (χ1n) is 8.23. The van der Waals surface area contributed by atoms with Gasteiger partial charge in [-0.3, -0.25) is 5.43 Å². The highest BCUT2D eigenvalue weighted by Gasteiger charge is 2.09. The lowest BCUT2D eigenvalue weighted by Crippen LogP contribution is -2.31. The number of hydrazone groups is 1. The largest absolute Gasteiger partial charge is 0.496 e. The Balaban J connectivity index is 1.81. The van der Waals surface area contributed by atoms with Gasteiger partial charge in [-0.25, -0.2) is 4.68 Å². The monoisotopic (exact) mass is 368 g/mol. The van der Waals surface area contributed by atoms with Crippen LogP contribution in [0.2, 0.25) is 0 Å². The Kier molecular flexibility index (Phi) is 5.75. The van der Waals surface area contributed by atoms with Crippen molar-refractivity contribution in [2.24, 2.45) is 5.10 Å². The maximum atomic E-state index is 5.48. The SMILES string of the molecule is CCNC(=S)NN=Cc1ccc(OC)c(Cn2nnc3ccccc32)c1. The van der Waals surface area contributed by atoms with Crippen molar-refractivity contribution in [2.45, 2.75) is 13.5 Å². The number of thiocarbonyl (C=S) groups is 1. The van der Waals surface area contributed by atoms with E-state index in [1.54, 1.807) is 13.3 Å². The molecule has 0 bridgehead atoms. The maximum Gasteiger partial charge on any atom is 0.186 e. The summed E-state index contributed by atoms with van der Waals surface area (Å²) >= 11 is 5.08. The highest BCUT2D eigenvalue weighted by Crippen LogP contribution is 2.22. The lowest BCUT2D eigenvalue weighted by Gasteiger charge is -2.10. The summed E-state index contributed by atoms with van der Waals surface area (Å²) in [6.45, 7) is 3.27. The normalized spacial score (nSPS) is 11.0. The summed E-state index contributed by atoms with van der Waals surface area (Å²) in [5, 5.41) is 16.1. The van der Waals surface area contributed by atoms with Crippen molar-refractivity contribution in [3.05, 3.63) is 53.6 Å². The van der Waals surface area contributed by atoms with Crippen LogP contribution in [0.5, 0.6) is 5.75 Å². The first kappa shape index (κ1) is 17.8. The highest BCUT2D eigenvalue weighted by atomic mass is 32.1. The van der Waals surface area contributed by atoms with Gasteiger partial charge in [-0.2, -0.15) is 5.10 Å². The zero-order valence-corrected chi connectivity index (χ0v) is 15.5. The van der Waals surface area contributed by atoms with Crippen LogP contribution in [-0.4, -0.2) is 40.0 Å². The summed E-state index contributed by atoms with van der Waals surface area (Å²) in [7, 11) is 1.66. The molecule has 0 amide bonds. The van der Waals surface area contributed by atoms with Crippen LogP contribution in [0.15, 0.2) is 47.6 Å². The molecule has 2 N–H and O–H groups in total. The summed E-state index contributed by atoms with van der Waals surface area (Å²) in [6, 6.07) is 13.7. The Morgan fingerprint density at radius 1 is 1.31 bits per heavy atom. The van der Waals surface area contributed by atoms with Crippen molar-refractivity contribution < 1.29 is 4.74 Å². The number of hydrogen-bond donors (Lipinski definition) is 2. The van der Waals surface area contributed by atoms with Gasteiger partial charge in [-0.05, 0) is 55.0 Å². The molecule has 0 unspecified atom stereocenters. The molecule has 3 aromatic rings. The number of benzene rings is 2. The number of fused-ring (bicyclic) bond motifs is 1. The van der Waals surface area contributed by atoms with Crippen molar-refractivity contribution >= 4 is 34.6 Å². The molecule has 134 valence electrons. The zero-order valence-electron chi connectivity index (χ0n) is 14.6. The first-order chi connectivity index (χ1) is 12.7. The molecule has 0 spiro atoms. The van der Waals surface area contributed by atoms with E-state index in [1.807, 2.05) is 54.1 Å². The minimum absolute atomic E-state index is 0.492. The number of nitrogens with zero attached hydrogens (tertiary/aromatic N) is 4. The van der Waals surface area contributed by atoms with E-state index in [4.69, 9.17) is 17.0 Å². The van der Waals surface area contributed by atoms with E-state index in [0.29, 0.717) is 11.7 Å². The number of ether oxygens (including phenoxy) is 1. The molecule has 0 aliphatic carbocycles. The standard InChI is InChI=1S/C18H20N6OS/c1-3-19-18(26)22-20-11-13-8-9-17(25-2)14(10-13)12-24-16-7-5-4-6-15(16)21-23-24/h4-11H,3,12H2,1-2H3,(H2,19,22,26). The van der Waals surface area contributed by atoms with Crippen molar-refractivity contribution in [3.63, 3.8) is 0 Å². The molecule has 1 aromatic heterocycles. The fraction of sp³-hybridized carbons (Fsp3) is 0.222. The van der Waals surface area contributed by atoms with E-state index in [1.165, 1.54) is 0 Å². The smallest absolute Gasteiger partial charge is 0.186 e. The molecule has 0 atom stereocenters. The second-order valence-electron chi connectivity index (χ2n) is 5.54. The van der Waals surface area contributed by atoms with E-state index in [-0.39, 0.29) is 0 Å². The lowest BCUT2D eigenvalue weighted by atomic mass is 10.1. The topological polar surface area (TPSA) is 76.4 Å². The van der Waals surface area contributed by atoms with Crippen LogP contribution in [0, 0.1) is 0 Å². The molecule has 0 saturated heterocycles. The summed E-state index contributed by atoms with van der Waals surface area (Å²) in [4.78, 5) is 0. The molecular weight excluding hydrogens is 348 g/mol. The molecule has 0 saturated carbocycles. The molecule has 7 nitrogen and oxygen atoms in total. The van der Waals surface area contributed by atoms with E-state index >= 15 is 0 Å². The molecule has 0 aliphatic heterocycles. The molecule has 8 heteroatoms. The van der Waals surface area contributed by atoms with Crippen molar-refractivity contribution in [1.29, 1.82) is 0 Å². The molecule has 0 radical (unpaired) electrons. The van der Waals surface area contributed by atoms with Gasteiger partial charge >= 0.3 is 0 Å². The van der Waals surface area contributed by atoms with Crippen LogP contribution < -0.4 is 15.5 Å². The predicted molar refractivity (Wildman–Crippen MR) is 107 cm³/mol. The van der Waals surface area contributed by atoms with Gasteiger partial charge in [0, 0.05) is 12.1 Å². The maximum absolute atomic E-state index is 5.48. The fourth-order valence-corrected chi connectivity index (χ4v) is 2.76. The zero-order chi connectivity index (χ0) is 18.4. The fourth-order valence-electron chi connectivity index (χ4n) is 2.56. The number of aromatic nitrogens is 3. The van der Waals surface area contributed by atoms with Gasteiger partial charge in [-0.1, -0.05) is 17.3 Å². The quantitative estimate of drug-likeness (QED) is 0.395. The third kappa shape index (κ3) is 4.15. The van der Waals surface area contributed by atoms with E-state index in [9.17, 15) is 0 Å². The second kappa shape index (κ2) is 8.39. The van der Waals surface area contributed by atoms with Crippen LogP contribution in [0.25, 0.3) is 11.0 Å².